The molecule has 1 amide bonds. The van der Waals surface area contributed by atoms with E-state index in [0.29, 0.717) is 6.54 Å². The Hall–Kier alpha value is -2.37. The molecule has 0 atom stereocenters. The lowest BCUT2D eigenvalue weighted by Crippen LogP contribution is -2.37. The Labute approximate surface area is 141 Å². The average molecular weight is 328 g/mol. The molecule has 1 N–H and O–H groups in total. The van der Waals surface area contributed by atoms with Gasteiger partial charge in [-0.05, 0) is 52.2 Å². The Balaban J connectivity index is 1.98. The van der Waals surface area contributed by atoms with Crippen molar-refractivity contribution in [2.75, 3.05) is 0 Å². The molecular weight excluding hydrogens is 304 g/mol. The van der Waals surface area contributed by atoms with Gasteiger partial charge < -0.3 is 9.88 Å². The highest BCUT2D eigenvalue weighted by Crippen LogP contribution is 2.31. The van der Waals surface area contributed by atoms with Gasteiger partial charge in [-0.2, -0.15) is 5.10 Å². The maximum Gasteiger partial charge on any atom is 0.261 e. The lowest BCUT2D eigenvalue weighted by Gasteiger charge is -2.23. The summed E-state index contributed by atoms with van der Waals surface area (Å²) < 4.78 is 1.84. The number of carbonyl (C=O) groups is 1. The largest absolute Gasteiger partial charge is 0.331 e. The lowest BCUT2D eigenvalue weighted by atomic mass is 10.1. The molecule has 0 aromatic carbocycles. The molecule has 6 nitrogen and oxygen atoms in total. The molecule has 2 aromatic rings. The molecule has 1 saturated carbocycles. The van der Waals surface area contributed by atoms with Crippen LogP contribution in [0.5, 0.6) is 0 Å². The molecule has 6 heteroatoms. The number of hydrogen-bond acceptors (Lipinski definition) is 3. The van der Waals surface area contributed by atoms with Gasteiger partial charge in [0.15, 0.2) is 0 Å². The van der Waals surface area contributed by atoms with Crippen molar-refractivity contribution in [1.29, 1.82) is 0 Å². The van der Waals surface area contributed by atoms with E-state index in [1.165, 1.54) is 0 Å². The van der Waals surface area contributed by atoms with Crippen LogP contribution in [-0.2, 0) is 13.6 Å². The van der Waals surface area contributed by atoms with Gasteiger partial charge in [-0.15, -0.1) is 0 Å². The van der Waals surface area contributed by atoms with Crippen molar-refractivity contribution in [1.82, 2.24) is 19.7 Å². The number of nitrogens with zero attached hydrogens (tertiary/aromatic N) is 3. The third-order valence-corrected chi connectivity index (χ3v) is 4.81. The first kappa shape index (κ1) is 16.5. The van der Waals surface area contributed by atoms with E-state index < -0.39 is 0 Å². The zero-order valence-corrected chi connectivity index (χ0v) is 14.9. The van der Waals surface area contributed by atoms with E-state index in [4.69, 9.17) is 0 Å². The maximum atomic E-state index is 13.1. The highest BCUT2D eigenvalue weighted by molar-refractivity contribution is 5.95. The van der Waals surface area contributed by atoms with Crippen LogP contribution in [-0.4, -0.2) is 31.6 Å². The summed E-state index contributed by atoms with van der Waals surface area (Å²) in [4.78, 5) is 30.0. The predicted molar refractivity (Wildman–Crippen MR) is 92.1 cm³/mol. The number of hydrogen-bond donors (Lipinski definition) is 1. The average Bonchev–Trinajstić information content (AvgIpc) is 3.27. The molecule has 128 valence electrons. The molecule has 0 unspecified atom stereocenters. The summed E-state index contributed by atoms with van der Waals surface area (Å²) in [5.74, 6) is -0.182. The number of rotatable bonds is 4. The van der Waals surface area contributed by atoms with Crippen molar-refractivity contribution < 1.29 is 4.79 Å². The van der Waals surface area contributed by atoms with Crippen molar-refractivity contribution in [3.8, 4) is 0 Å². The van der Waals surface area contributed by atoms with Gasteiger partial charge in [-0.25, -0.2) is 0 Å². The van der Waals surface area contributed by atoms with Gasteiger partial charge in [0.05, 0.1) is 5.69 Å². The minimum atomic E-state index is -0.303. The van der Waals surface area contributed by atoms with Crippen LogP contribution in [0.25, 0.3) is 0 Å². The smallest absolute Gasteiger partial charge is 0.261 e. The summed E-state index contributed by atoms with van der Waals surface area (Å²) in [6.07, 6.45) is 1.99. The fraction of sp³-hybridized carbons (Fsp3) is 0.500. The van der Waals surface area contributed by atoms with E-state index in [1.807, 2.05) is 50.4 Å². The number of amides is 1. The molecule has 0 aliphatic heterocycles. The van der Waals surface area contributed by atoms with Gasteiger partial charge in [-0.3, -0.25) is 14.3 Å². The number of aromatic nitrogens is 3. The van der Waals surface area contributed by atoms with Gasteiger partial charge in [0, 0.05) is 36.6 Å². The molecule has 0 radical (unpaired) electrons. The maximum absolute atomic E-state index is 13.1. The van der Waals surface area contributed by atoms with Crippen LogP contribution in [0.15, 0.2) is 10.9 Å². The Morgan fingerprint density at radius 2 is 2.00 bits per heavy atom. The minimum absolute atomic E-state index is 0.182. The van der Waals surface area contributed by atoms with E-state index in [9.17, 15) is 9.59 Å². The van der Waals surface area contributed by atoms with Crippen LogP contribution in [0, 0.1) is 27.7 Å². The Kier molecular flexibility index (Phi) is 4.07. The van der Waals surface area contributed by atoms with E-state index in [0.717, 1.165) is 41.1 Å². The minimum Gasteiger partial charge on any atom is -0.331 e. The van der Waals surface area contributed by atoms with Crippen LogP contribution in [0.4, 0.5) is 0 Å². The van der Waals surface area contributed by atoms with Crippen molar-refractivity contribution in [3.05, 3.63) is 50.2 Å². The van der Waals surface area contributed by atoms with Crippen molar-refractivity contribution in [3.63, 3.8) is 0 Å². The lowest BCUT2D eigenvalue weighted by molar-refractivity contribution is 0.0727. The molecule has 1 aliphatic rings. The first-order valence-corrected chi connectivity index (χ1v) is 8.30. The van der Waals surface area contributed by atoms with Crippen LogP contribution in [0.2, 0.25) is 0 Å². The van der Waals surface area contributed by atoms with Gasteiger partial charge >= 0.3 is 0 Å². The molecule has 0 saturated heterocycles. The summed E-state index contributed by atoms with van der Waals surface area (Å²) in [6.45, 7) is 8.11. The summed E-state index contributed by atoms with van der Waals surface area (Å²) in [5.41, 5.74) is 4.51. The molecule has 2 heterocycles. The molecule has 3 rings (SSSR count). The SMILES string of the molecule is Cc1cc(C)c(C(=O)N(Cc2c(C)nn(C)c2C)C2CC2)c(=O)[nH]1. The standard InChI is InChI=1S/C18H24N4O2/c1-10-8-11(2)19-17(23)16(10)18(24)22(14-6-7-14)9-15-12(3)20-21(5)13(15)4/h8,14H,6-7,9H2,1-5H3,(H,19,23). The number of aromatic amines is 1. The van der Waals surface area contributed by atoms with E-state index in [1.54, 1.807) is 0 Å². The van der Waals surface area contributed by atoms with Gasteiger partial charge in [-0.1, -0.05) is 0 Å². The quantitative estimate of drug-likeness (QED) is 0.935. The Bertz CT molecular complexity index is 859. The fourth-order valence-corrected chi connectivity index (χ4v) is 3.23. The topological polar surface area (TPSA) is 71.0 Å². The van der Waals surface area contributed by atoms with Crippen LogP contribution in [0.3, 0.4) is 0 Å². The highest BCUT2D eigenvalue weighted by atomic mass is 16.2. The molecule has 0 bridgehead atoms. The number of H-pyrrole nitrogens is 1. The molecular formula is C18H24N4O2. The van der Waals surface area contributed by atoms with Gasteiger partial charge in [0.1, 0.15) is 5.56 Å². The molecule has 1 fully saturated rings. The van der Waals surface area contributed by atoms with E-state index >= 15 is 0 Å². The molecule has 1 aliphatic carbocycles. The van der Waals surface area contributed by atoms with E-state index in [-0.39, 0.29) is 23.1 Å². The second kappa shape index (κ2) is 5.92. The van der Waals surface area contributed by atoms with Gasteiger partial charge in [0.25, 0.3) is 11.5 Å². The first-order chi connectivity index (χ1) is 11.3. The summed E-state index contributed by atoms with van der Waals surface area (Å²) in [5, 5.41) is 4.43. The summed E-state index contributed by atoms with van der Waals surface area (Å²) in [6, 6.07) is 2.07. The van der Waals surface area contributed by atoms with Crippen molar-refractivity contribution in [2.24, 2.45) is 7.05 Å². The second-order valence-electron chi connectivity index (χ2n) is 6.78. The number of aryl methyl sites for hydroxylation is 4. The predicted octanol–water partition coefficient (Wildman–Crippen LogP) is 2.15. The number of pyridine rings is 1. The highest BCUT2D eigenvalue weighted by Gasteiger charge is 2.35. The van der Waals surface area contributed by atoms with Crippen LogP contribution >= 0.6 is 0 Å². The van der Waals surface area contributed by atoms with Crippen LogP contribution in [0.1, 0.15) is 51.4 Å². The van der Waals surface area contributed by atoms with Crippen LogP contribution < -0.4 is 5.56 Å². The molecule has 24 heavy (non-hydrogen) atoms. The van der Waals surface area contributed by atoms with Crippen molar-refractivity contribution >= 4 is 5.91 Å². The van der Waals surface area contributed by atoms with Gasteiger partial charge in [0.2, 0.25) is 0 Å². The number of carbonyl (C=O) groups excluding carboxylic acids is 1. The number of nitrogens with one attached hydrogen (secondary N) is 1. The first-order valence-electron chi connectivity index (χ1n) is 8.30. The third-order valence-electron chi connectivity index (χ3n) is 4.81. The summed E-state index contributed by atoms with van der Waals surface area (Å²) in [7, 11) is 1.91. The third kappa shape index (κ3) is 2.88. The Morgan fingerprint density at radius 3 is 2.50 bits per heavy atom. The monoisotopic (exact) mass is 328 g/mol. The normalized spacial score (nSPS) is 14.0. The second-order valence-corrected chi connectivity index (χ2v) is 6.78. The molecule has 2 aromatic heterocycles. The zero-order valence-electron chi connectivity index (χ0n) is 14.9. The Morgan fingerprint density at radius 1 is 1.33 bits per heavy atom. The zero-order chi connectivity index (χ0) is 17.6. The fourth-order valence-electron chi connectivity index (χ4n) is 3.23. The van der Waals surface area contributed by atoms with Crippen molar-refractivity contribution in [2.45, 2.75) is 53.1 Å². The molecule has 0 spiro atoms. The summed E-state index contributed by atoms with van der Waals surface area (Å²) >= 11 is 0. The van der Waals surface area contributed by atoms with E-state index in [2.05, 4.69) is 10.1 Å².